The van der Waals surface area contributed by atoms with Gasteiger partial charge in [-0.3, -0.25) is 15.1 Å². The maximum atomic E-state index is 11.0. The van der Waals surface area contributed by atoms with Gasteiger partial charge in [-0.25, -0.2) is 9.97 Å². The number of nitrogens with zero attached hydrogens (tertiary/aromatic N) is 4. The summed E-state index contributed by atoms with van der Waals surface area (Å²) < 4.78 is 0. The van der Waals surface area contributed by atoms with Gasteiger partial charge in [-0.2, -0.15) is 0 Å². The molecule has 0 aliphatic rings. The summed E-state index contributed by atoms with van der Waals surface area (Å²) >= 11 is 12.2. The second kappa shape index (κ2) is 6.50. The van der Waals surface area contributed by atoms with Crippen LogP contribution in [0.15, 0.2) is 36.8 Å². The SMILES string of the molecule is O=[N+]([O-])c1cc(-c2ccnc(-c3c(Cl)cncc3Cl)n2)cc(O)c1O. The fourth-order valence-electron chi connectivity index (χ4n) is 2.16. The lowest BCUT2D eigenvalue weighted by Crippen LogP contribution is -1.95. The molecule has 8 nitrogen and oxygen atoms in total. The van der Waals surface area contributed by atoms with E-state index < -0.39 is 22.1 Å². The molecule has 0 atom stereocenters. The van der Waals surface area contributed by atoms with Gasteiger partial charge in [0.2, 0.25) is 5.75 Å². The molecule has 2 heterocycles. The van der Waals surface area contributed by atoms with Crippen molar-refractivity contribution in [2.45, 2.75) is 0 Å². The van der Waals surface area contributed by atoms with Gasteiger partial charge in [-0.1, -0.05) is 23.2 Å². The van der Waals surface area contributed by atoms with Gasteiger partial charge in [0.25, 0.3) is 0 Å². The monoisotopic (exact) mass is 378 g/mol. The van der Waals surface area contributed by atoms with Crippen molar-refractivity contribution in [2.75, 3.05) is 0 Å². The molecule has 3 aromatic rings. The Labute approximate surface area is 150 Å². The van der Waals surface area contributed by atoms with E-state index >= 15 is 0 Å². The Morgan fingerprint density at radius 3 is 2.44 bits per heavy atom. The largest absolute Gasteiger partial charge is 0.504 e. The van der Waals surface area contributed by atoms with Crippen LogP contribution in [0.1, 0.15) is 0 Å². The third kappa shape index (κ3) is 3.17. The van der Waals surface area contributed by atoms with Crippen LogP contribution >= 0.6 is 23.2 Å². The molecule has 0 aliphatic heterocycles. The van der Waals surface area contributed by atoms with E-state index in [4.69, 9.17) is 23.2 Å². The topological polar surface area (TPSA) is 122 Å². The van der Waals surface area contributed by atoms with Crippen molar-refractivity contribution in [3.05, 3.63) is 56.9 Å². The summed E-state index contributed by atoms with van der Waals surface area (Å²) in [5.74, 6) is -1.27. The number of rotatable bonds is 3. The van der Waals surface area contributed by atoms with Gasteiger partial charge in [-0.15, -0.1) is 0 Å². The number of halogens is 2. The number of hydrogen-bond donors (Lipinski definition) is 2. The number of nitro groups is 1. The van der Waals surface area contributed by atoms with Crippen LogP contribution in [0.2, 0.25) is 10.0 Å². The molecule has 2 aromatic heterocycles. The van der Waals surface area contributed by atoms with Crippen LogP contribution in [0, 0.1) is 10.1 Å². The van der Waals surface area contributed by atoms with Gasteiger partial charge < -0.3 is 10.2 Å². The average molecular weight is 379 g/mol. The highest BCUT2D eigenvalue weighted by atomic mass is 35.5. The van der Waals surface area contributed by atoms with Gasteiger partial charge in [-0.05, 0) is 12.1 Å². The molecule has 3 rings (SSSR count). The molecule has 0 aliphatic carbocycles. The van der Waals surface area contributed by atoms with Crippen LogP contribution in [-0.2, 0) is 0 Å². The molecule has 25 heavy (non-hydrogen) atoms. The van der Waals surface area contributed by atoms with Crippen molar-refractivity contribution in [3.63, 3.8) is 0 Å². The van der Waals surface area contributed by atoms with Crippen LogP contribution in [0.5, 0.6) is 11.5 Å². The van der Waals surface area contributed by atoms with Gasteiger partial charge in [0.15, 0.2) is 11.6 Å². The fourth-order valence-corrected chi connectivity index (χ4v) is 2.69. The Kier molecular flexibility index (Phi) is 4.39. The van der Waals surface area contributed by atoms with E-state index in [-0.39, 0.29) is 27.1 Å². The number of phenolic OH excluding ortho intramolecular Hbond substituents is 2. The third-order valence-electron chi connectivity index (χ3n) is 3.29. The lowest BCUT2D eigenvalue weighted by atomic mass is 10.1. The van der Waals surface area contributed by atoms with Crippen molar-refractivity contribution in [1.29, 1.82) is 0 Å². The van der Waals surface area contributed by atoms with Crippen molar-refractivity contribution in [3.8, 4) is 34.1 Å². The van der Waals surface area contributed by atoms with E-state index in [9.17, 15) is 20.3 Å². The number of pyridine rings is 1. The zero-order chi connectivity index (χ0) is 18.1. The molecule has 0 unspecified atom stereocenters. The first-order valence-corrected chi connectivity index (χ1v) is 7.47. The van der Waals surface area contributed by atoms with E-state index in [0.717, 1.165) is 12.1 Å². The summed E-state index contributed by atoms with van der Waals surface area (Å²) in [5.41, 5.74) is 0.201. The van der Waals surface area contributed by atoms with Crippen molar-refractivity contribution < 1.29 is 15.1 Å². The first-order chi connectivity index (χ1) is 11.9. The van der Waals surface area contributed by atoms with E-state index in [0.29, 0.717) is 5.56 Å². The summed E-state index contributed by atoms with van der Waals surface area (Å²) in [6.07, 6.45) is 4.19. The van der Waals surface area contributed by atoms with Crippen LogP contribution in [-0.4, -0.2) is 30.1 Å². The Balaban J connectivity index is 2.17. The molecule has 0 spiro atoms. The van der Waals surface area contributed by atoms with Gasteiger partial charge in [0, 0.05) is 30.2 Å². The highest BCUT2D eigenvalue weighted by Gasteiger charge is 2.20. The van der Waals surface area contributed by atoms with E-state index in [1.165, 1.54) is 24.7 Å². The highest BCUT2D eigenvalue weighted by molar-refractivity contribution is 6.38. The zero-order valence-corrected chi connectivity index (χ0v) is 13.7. The van der Waals surface area contributed by atoms with Crippen molar-refractivity contribution in [2.24, 2.45) is 0 Å². The fraction of sp³-hybridized carbons (Fsp3) is 0. The lowest BCUT2D eigenvalue weighted by Gasteiger charge is -2.08. The maximum Gasteiger partial charge on any atom is 0.315 e. The summed E-state index contributed by atoms with van der Waals surface area (Å²) in [6, 6.07) is 3.74. The zero-order valence-electron chi connectivity index (χ0n) is 12.2. The summed E-state index contributed by atoms with van der Waals surface area (Å²) in [7, 11) is 0. The van der Waals surface area contributed by atoms with Crippen LogP contribution < -0.4 is 0 Å². The minimum Gasteiger partial charge on any atom is -0.504 e. The summed E-state index contributed by atoms with van der Waals surface area (Å²) in [4.78, 5) is 22.4. The quantitative estimate of drug-likeness (QED) is 0.403. The standard InChI is InChI=1S/C15H8Cl2N4O4/c16-8-5-18-6-9(17)13(8)15-19-2-1-10(20-15)7-3-11(21(24)25)14(23)12(22)4-7/h1-6,22-23H. The Morgan fingerprint density at radius 2 is 1.80 bits per heavy atom. The van der Waals surface area contributed by atoms with E-state index in [1.807, 2.05) is 0 Å². The second-order valence-electron chi connectivity index (χ2n) is 4.86. The normalized spacial score (nSPS) is 10.6. The molecule has 0 saturated carbocycles. The molecule has 126 valence electrons. The van der Waals surface area contributed by atoms with Crippen molar-refractivity contribution in [1.82, 2.24) is 15.0 Å². The lowest BCUT2D eigenvalue weighted by molar-refractivity contribution is -0.385. The Hall–Kier alpha value is -2.97. The number of benzene rings is 1. The number of nitro benzene ring substituents is 1. The summed E-state index contributed by atoms with van der Waals surface area (Å²) in [5, 5.41) is 30.8. The van der Waals surface area contributed by atoms with Gasteiger partial charge >= 0.3 is 5.69 Å². The minimum absolute atomic E-state index is 0.185. The molecule has 0 amide bonds. The molecule has 0 saturated heterocycles. The van der Waals surface area contributed by atoms with Crippen LogP contribution in [0.3, 0.4) is 0 Å². The molecule has 0 radical (unpaired) electrons. The van der Waals surface area contributed by atoms with Gasteiger partial charge in [0.1, 0.15) is 0 Å². The first-order valence-electron chi connectivity index (χ1n) is 6.71. The molecule has 10 heteroatoms. The smallest absolute Gasteiger partial charge is 0.315 e. The van der Waals surface area contributed by atoms with Crippen LogP contribution in [0.25, 0.3) is 22.6 Å². The number of phenols is 2. The molecular formula is C15H8Cl2N4O4. The maximum absolute atomic E-state index is 11.0. The predicted octanol–water partition coefficient (Wildman–Crippen LogP) is 3.83. The van der Waals surface area contributed by atoms with Gasteiger partial charge in [0.05, 0.1) is 26.2 Å². The van der Waals surface area contributed by atoms with E-state index in [1.54, 1.807) is 0 Å². The van der Waals surface area contributed by atoms with Crippen LogP contribution in [0.4, 0.5) is 5.69 Å². The minimum atomic E-state index is -0.816. The molecular weight excluding hydrogens is 371 g/mol. The first kappa shape index (κ1) is 16.9. The number of hydrogen-bond acceptors (Lipinski definition) is 7. The highest BCUT2D eigenvalue weighted by Crippen LogP contribution is 2.39. The molecule has 0 bridgehead atoms. The predicted molar refractivity (Wildman–Crippen MR) is 90.7 cm³/mol. The average Bonchev–Trinajstić information content (AvgIpc) is 2.57. The summed E-state index contributed by atoms with van der Waals surface area (Å²) in [6.45, 7) is 0. The Bertz CT molecular complexity index is 977. The molecule has 2 N–H and O–H groups in total. The molecule has 1 aromatic carbocycles. The second-order valence-corrected chi connectivity index (χ2v) is 5.68. The number of aromatic nitrogens is 3. The third-order valence-corrected chi connectivity index (χ3v) is 3.87. The molecule has 0 fully saturated rings. The van der Waals surface area contributed by atoms with E-state index in [2.05, 4.69) is 15.0 Å². The number of aromatic hydroxyl groups is 2. The van der Waals surface area contributed by atoms with Crippen molar-refractivity contribution >= 4 is 28.9 Å². The Morgan fingerprint density at radius 1 is 1.12 bits per heavy atom.